The first-order chi connectivity index (χ1) is 18.0. The highest BCUT2D eigenvalue weighted by Crippen LogP contribution is 2.45. The number of pyridine rings is 1. The van der Waals surface area contributed by atoms with Crippen molar-refractivity contribution >= 4 is 43.3 Å². The third-order valence-corrected chi connectivity index (χ3v) is 8.37. The summed E-state index contributed by atoms with van der Waals surface area (Å²) in [6, 6.07) is 2.65. The number of fused-ring (bicyclic) bond motifs is 6. The summed E-state index contributed by atoms with van der Waals surface area (Å²) in [6.45, 7) is 6.28. The number of nitrogens with two attached hydrogens (primary N) is 1. The maximum atomic E-state index is 16.4. The third-order valence-electron chi connectivity index (χ3n) is 7.34. The Morgan fingerprint density at radius 2 is 1.86 bits per heavy atom. The molecule has 11 heteroatoms. The molecule has 37 heavy (non-hydrogen) atoms. The van der Waals surface area contributed by atoms with Gasteiger partial charge in [0.05, 0.1) is 35.4 Å². The standard InChI is InChI=1S/C24H19F2N7OS.C2H6/c1-32-6-10-2-11(7-32)33(10)24-30-4-13-14-8-34-9-15(14)17(19(26)20(13)31-24)21-18-12(3-27)23(28)35-22(18)16(25)5-29-21;1-2/h4-5,10-11H,2,6-9,28H2,1H3;1-2H3. The highest BCUT2D eigenvalue weighted by atomic mass is 32.1. The van der Waals surface area contributed by atoms with Gasteiger partial charge in [-0.25, -0.2) is 18.7 Å². The summed E-state index contributed by atoms with van der Waals surface area (Å²) in [4.78, 5) is 18.0. The molecule has 0 saturated carbocycles. The highest BCUT2D eigenvalue weighted by molar-refractivity contribution is 7.23. The Hall–Kier alpha value is -3.46. The fourth-order valence-electron chi connectivity index (χ4n) is 5.81. The molecular weight excluding hydrogens is 496 g/mol. The quantitative estimate of drug-likeness (QED) is 0.409. The molecule has 3 fully saturated rings. The number of nitrogen functional groups attached to an aromatic ring is 1. The van der Waals surface area contributed by atoms with Crippen LogP contribution in [0.3, 0.4) is 0 Å². The number of anilines is 2. The van der Waals surface area contributed by atoms with Gasteiger partial charge in [0, 0.05) is 47.7 Å². The molecular formula is C26H25F2N7OS. The second-order valence-corrected chi connectivity index (χ2v) is 10.4. The summed E-state index contributed by atoms with van der Waals surface area (Å²) in [5, 5.41) is 10.7. The van der Waals surface area contributed by atoms with Crippen molar-refractivity contribution < 1.29 is 13.5 Å². The lowest BCUT2D eigenvalue weighted by Gasteiger charge is -2.55. The summed E-state index contributed by atoms with van der Waals surface area (Å²) in [5.41, 5.74) is 8.03. The molecule has 0 radical (unpaired) electrons. The summed E-state index contributed by atoms with van der Waals surface area (Å²) >= 11 is 0.958. The van der Waals surface area contributed by atoms with Crippen LogP contribution in [0, 0.1) is 23.0 Å². The van der Waals surface area contributed by atoms with Gasteiger partial charge in [-0.05, 0) is 24.6 Å². The number of thiophene rings is 1. The van der Waals surface area contributed by atoms with Crippen molar-refractivity contribution in [2.75, 3.05) is 30.8 Å². The molecule has 2 bridgehead atoms. The Morgan fingerprint density at radius 1 is 1.14 bits per heavy atom. The van der Waals surface area contributed by atoms with Gasteiger partial charge in [-0.2, -0.15) is 5.26 Å². The molecule has 4 aliphatic heterocycles. The number of nitrogens with zero attached hydrogens (tertiary/aromatic N) is 6. The van der Waals surface area contributed by atoms with Crippen molar-refractivity contribution in [3.05, 3.63) is 40.7 Å². The molecule has 3 aromatic heterocycles. The topological polar surface area (TPSA) is 104 Å². The maximum absolute atomic E-state index is 16.4. The number of piperazine rings is 1. The molecule has 8 rings (SSSR count). The van der Waals surface area contributed by atoms with Gasteiger partial charge in [0.25, 0.3) is 0 Å². The summed E-state index contributed by atoms with van der Waals surface area (Å²) in [7, 11) is 2.09. The van der Waals surface area contributed by atoms with Gasteiger partial charge in [-0.15, -0.1) is 11.3 Å². The lowest BCUT2D eigenvalue weighted by atomic mass is 9.88. The minimum Gasteiger partial charge on any atom is -0.389 e. The third kappa shape index (κ3) is 3.40. The van der Waals surface area contributed by atoms with Crippen LogP contribution in [0.2, 0.25) is 0 Å². The molecule has 4 aromatic rings. The summed E-state index contributed by atoms with van der Waals surface area (Å²) in [5.74, 6) is -0.676. The lowest BCUT2D eigenvalue weighted by molar-refractivity contribution is 0.135. The van der Waals surface area contributed by atoms with E-state index in [0.29, 0.717) is 29.0 Å². The Kier molecular flexibility index (Phi) is 5.71. The van der Waals surface area contributed by atoms with Crippen LogP contribution in [0.5, 0.6) is 0 Å². The molecule has 8 nitrogen and oxygen atoms in total. The number of aromatic nitrogens is 3. The van der Waals surface area contributed by atoms with Crippen LogP contribution in [-0.4, -0.2) is 52.1 Å². The van der Waals surface area contributed by atoms with Gasteiger partial charge in [0.2, 0.25) is 5.95 Å². The summed E-state index contributed by atoms with van der Waals surface area (Å²) in [6.07, 6.45) is 3.79. The molecule has 2 atom stereocenters. The Balaban J connectivity index is 0.00000123. The van der Waals surface area contributed by atoms with E-state index in [9.17, 15) is 9.65 Å². The van der Waals surface area contributed by atoms with E-state index >= 15 is 4.39 Å². The number of benzene rings is 1. The van der Waals surface area contributed by atoms with Gasteiger partial charge in [0.15, 0.2) is 11.6 Å². The van der Waals surface area contributed by atoms with Gasteiger partial charge in [-0.1, -0.05) is 13.8 Å². The SMILES string of the molecule is CC.CN1CC2CC(C1)N2c1ncc2c3c(c(-c4ncc(F)c5sc(N)c(C#N)c45)c(F)c2n1)COC3. The molecule has 3 saturated heterocycles. The van der Waals surface area contributed by atoms with E-state index in [1.165, 1.54) is 0 Å². The van der Waals surface area contributed by atoms with Gasteiger partial charge in [0.1, 0.15) is 16.6 Å². The van der Waals surface area contributed by atoms with E-state index in [1.54, 1.807) is 6.20 Å². The van der Waals surface area contributed by atoms with Crippen molar-refractivity contribution in [1.82, 2.24) is 19.9 Å². The Bertz CT molecular complexity index is 1600. The number of nitriles is 1. The van der Waals surface area contributed by atoms with E-state index in [0.717, 1.165) is 42.6 Å². The molecule has 0 spiro atoms. The maximum Gasteiger partial charge on any atom is 0.226 e. The van der Waals surface area contributed by atoms with Crippen LogP contribution in [-0.2, 0) is 18.0 Å². The molecule has 7 heterocycles. The van der Waals surface area contributed by atoms with Crippen LogP contribution in [0.25, 0.3) is 32.2 Å². The van der Waals surface area contributed by atoms with E-state index in [2.05, 4.69) is 26.8 Å². The van der Waals surface area contributed by atoms with E-state index in [4.69, 9.17) is 15.5 Å². The molecule has 0 amide bonds. The minimum atomic E-state index is -0.602. The second-order valence-electron chi connectivity index (χ2n) is 9.35. The predicted molar refractivity (Wildman–Crippen MR) is 139 cm³/mol. The zero-order valence-electron chi connectivity index (χ0n) is 20.7. The Labute approximate surface area is 216 Å². The van der Waals surface area contributed by atoms with Crippen LogP contribution < -0.4 is 10.6 Å². The predicted octanol–water partition coefficient (Wildman–Crippen LogP) is 4.59. The van der Waals surface area contributed by atoms with Crippen LogP contribution in [0.4, 0.5) is 19.7 Å². The first kappa shape index (κ1) is 23.9. The normalized spacial score (nSPS) is 20.4. The van der Waals surface area contributed by atoms with Crippen LogP contribution in [0.15, 0.2) is 12.4 Å². The van der Waals surface area contributed by atoms with Crippen molar-refractivity contribution in [2.24, 2.45) is 0 Å². The van der Waals surface area contributed by atoms with Crippen molar-refractivity contribution in [3.8, 4) is 17.3 Å². The minimum absolute atomic E-state index is 0.0973. The molecule has 2 unspecified atom stereocenters. The number of ether oxygens (including phenoxy) is 1. The van der Waals surface area contributed by atoms with Crippen molar-refractivity contribution in [1.29, 1.82) is 5.26 Å². The monoisotopic (exact) mass is 521 g/mol. The zero-order valence-corrected chi connectivity index (χ0v) is 21.5. The number of piperidine rings is 1. The number of likely N-dealkylation sites (N-methyl/N-ethyl adjacent to an activating group) is 1. The zero-order chi connectivity index (χ0) is 26.0. The average Bonchev–Trinajstić information content (AvgIpc) is 3.51. The molecule has 2 N–H and O–H groups in total. The first-order valence-corrected chi connectivity index (χ1v) is 13.1. The van der Waals surface area contributed by atoms with E-state index in [-0.39, 0.29) is 50.6 Å². The van der Waals surface area contributed by atoms with E-state index in [1.807, 2.05) is 19.9 Å². The van der Waals surface area contributed by atoms with Crippen molar-refractivity contribution in [3.63, 3.8) is 0 Å². The van der Waals surface area contributed by atoms with E-state index < -0.39 is 11.6 Å². The fourth-order valence-corrected chi connectivity index (χ4v) is 6.73. The molecule has 1 aromatic carbocycles. The Morgan fingerprint density at radius 3 is 2.59 bits per heavy atom. The molecule has 4 aliphatic rings. The fraction of sp³-hybridized carbons (Fsp3) is 0.385. The molecule has 0 aliphatic carbocycles. The first-order valence-electron chi connectivity index (χ1n) is 12.3. The highest BCUT2D eigenvalue weighted by Gasteiger charge is 2.45. The smallest absolute Gasteiger partial charge is 0.226 e. The van der Waals surface area contributed by atoms with Crippen LogP contribution >= 0.6 is 11.3 Å². The second kappa shape index (κ2) is 8.83. The summed E-state index contributed by atoms with van der Waals surface area (Å²) < 4.78 is 36.9. The number of rotatable bonds is 2. The number of hydrogen-bond donors (Lipinski definition) is 1. The van der Waals surface area contributed by atoms with Gasteiger partial charge in [-0.3, -0.25) is 4.98 Å². The van der Waals surface area contributed by atoms with Crippen molar-refractivity contribution in [2.45, 2.75) is 45.6 Å². The van der Waals surface area contributed by atoms with Gasteiger partial charge < -0.3 is 20.3 Å². The largest absolute Gasteiger partial charge is 0.389 e. The number of halogens is 2. The van der Waals surface area contributed by atoms with Crippen LogP contribution in [0.1, 0.15) is 37.0 Å². The molecule has 190 valence electrons. The average molecular weight is 522 g/mol. The lowest BCUT2D eigenvalue weighted by Crippen LogP contribution is -2.68. The van der Waals surface area contributed by atoms with Gasteiger partial charge >= 0.3 is 0 Å². The number of hydrogen-bond acceptors (Lipinski definition) is 9.